The van der Waals surface area contributed by atoms with Crippen molar-refractivity contribution < 1.29 is 37.9 Å². The van der Waals surface area contributed by atoms with Gasteiger partial charge in [-0.1, -0.05) is 181 Å². The first-order chi connectivity index (χ1) is 22.6. The predicted octanol–water partition coefficient (Wildman–Crippen LogP) is 11.5. The highest BCUT2D eigenvalue weighted by atomic mass is 31.2. The minimum atomic E-state index is -4.74. The number of phosphoric acid groups is 1. The first-order valence-electron chi connectivity index (χ1n) is 19.7. The van der Waals surface area contributed by atoms with Crippen LogP contribution in [-0.2, 0) is 28.2 Å². The number of unbranched alkanes of at least 4 members (excludes halogenated alkanes) is 24. The number of esters is 2. The molecule has 280 valence electrons. The average molecular weight is 691 g/mol. The molecule has 0 aromatic rings. The summed E-state index contributed by atoms with van der Waals surface area (Å²) in [7, 11) is -4.74. The number of hydrogen-bond acceptors (Lipinski definition) is 6. The summed E-state index contributed by atoms with van der Waals surface area (Å²) in [6, 6.07) is 0. The van der Waals surface area contributed by atoms with Crippen LogP contribution in [0.5, 0.6) is 0 Å². The molecule has 8 nitrogen and oxygen atoms in total. The number of carbonyl (C=O) groups excluding carboxylic acids is 2. The van der Waals surface area contributed by atoms with Crippen molar-refractivity contribution in [2.24, 2.45) is 5.92 Å². The minimum absolute atomic E-state index is 0.216. The van der Waals surface area contributed by atoms with Crippen molar-refractivity contribution in [3.63, 3.8) is 0 Å². The molecule has 0 aliphatic heterocycles. The number of phosphoric ester groups is 1. The van der Waals surface area contributed by atoms with Gasteiger partial charge < -0.3 is 19.3 Å². The number of rotatable bonds is 36. The van der Waals surface area contributed by atoms with E-state index in [0.29, 0.717) is 6.42 Å². The first kappa shape index (κ1) is 46.0. The topological polar surface area (TPSA) is 119 Å². The third-order valence-electron chi connectivity index (χ3n) is 8.80. The van der Waals surface area contributed by atoms with Crippen LogP contribution in [0.2, 0.25) is 0 Å². The van der Waals surface area contributed by atoms with E-state index in [2.05, 4.69) is 25.3 Å². The van der Waals surface area contributed by atoms with Crippen LogP contribution in [-0.4, -0.2) is 41.0 Å². The summed E-state index contributed by atoms with van der Waals surface area (Å²) in [6.07, 6.45) is 32.7. The Kier molecular flexibility index (Phi) is 32.9. The molecule has 0 unspecified atom stereocenters. The molecule has 0 saturated heterocycles. The van der Waals surface area contributed by atoms with Gasteiger partial charge in [-0.15, -0.1) is 0 Å². The van der Waals surface area contributed by atoms with Crippen molar-refractivity contribution in [3.8, 4) is 0 Å². The van der Waals surface area contributed by atoms with Gasteiger partial charge in [-0.2, -0.15) is 0 Å². The molecule has 0 saturated carbocycles. The molecule has 0 fully saturated rings. The van der Waals surface area contributed by atoms with Crippen LogP contribution in [0.3, 0.4) is 0 Å². The zero-order valence-corrected chi connectivity index (χ0v) is 31.8. The maximum absolute atomic E-state index is 12.3. The van der Waals surface area contributed by atoms with Crippen molar-refractivity contribution >= 4 is 19.8 Å². The van der Waals surface area contributed by atoms with Gasteiger partial charge >= 0.3 is 19.8 Å². The second-order valence-electron chi connectivity index (χ2n) is 14.1. The Morgan fingerprint density at radius 3 is 1.28 bits per heavy atom. The molecule has 0 radical (unpaired) electrons. The fourth-order valence-electron chi connectivity index (χ4n) is 5.85. The van der Waals surface area contributed by atoms with Gasteiger partial charge in [-0.3, -0.25) is 14.1 Å². The number of carbonyl (C=O) groups is 2. The highest BCUT2D eigenvalue weighted by molar-refractivity contribution is 7.46. The Balaban J connectivity index is 3.86. The smallest absolute Gasteiger partial charge is 0.462 e. The molecular weight excluding hydrogens is 615 g/mol. The SMILES string of the molecule is CCCCCCCCCCCCCCCCCCCCC(=O)OC[C@H](COP(=O)(O)O)OC(=O)CCCCCCCCCCC(C)C. The molecule has 0 spiro atoms. The van der Waals surface area contributed by atoms with E-state index in [1.54, 1.807) is 0 Å². The van der Waals surface area contributed by atoms with Crippen LogP contribution in [0.4, 0.5) is 0 Å². The van der Waals surface area contributed by atoms with E-state index in [1.807, 2.05) is 0 Å². The fourth-order valence-corrected chi connectivity index (χ4v) is 6.21. The Labute approximate surface area is 289 Å². The molecule has 2 N–H and O–H groups in total. The summed E-state index contributed by atoms with van der Waals surface area (Å²) in [5.41, 5.74) is 0. The number of hydrogen-bond donors (Lipinski definition) is 2. The Hall–Kier alpha value is -0.950. The van der Waals surface area contributed by atoms with Crippen molar-refractivity contribution in [2.45, 2.75) is 213 Å². The summed E-state index contributed by atoms with van der Waals surface area (Å²) < 4.78 is 26.3. The molecule has 0 rings (SSSR count). The minimum Gasteiger partial charge on any atom is -0.462 e. The monoisotopic (exact) mass is 691 g/mol. The average Bonchev–Trinajstić information content (AvgIpc) is 3.02. The van der Waals surface area contributed by atoms with Gasteiger partial charge in [0.25, 0.3) is 0 Å². The van der Waals surface area contributed by atoms with Gasteiger partial charge in [0.1, 0.15) is 6.61 Å². The lowest BCUT2D eigenvalue weighted by Crippen LogP contribution is -2.29. The lowest BCUT2D eigenvalue weighted by Gasteiger charge is -2.18. The van der Waals surface area contributed by atoms with Gasteiger partial charge in [-0.05, 0) is 18.8 Å². The van der Waals surface area contributed by atoms with Gasteiger partial charge in [0, 0.05) is 12.8 Å². The van der Waals surface area contributed by atoms with Crippen molar-refractivity contribution in [1.82, 2.24) is 0 Å². The lowest BCUT2D eigenvalue weighted by molar-refractivity contribution is -0.161. The van der Waals surface area contributed by atoms with E-state index in [4.69, 9.17) is 19.3 Å². The maximum Gasteiger partial charge on any atom is 0.469 e. The van der Waals surface area contributed by atoms with Crippen LogP contribution in [0.1, 0.15) is 207 Å². The lowest BCUT2D eigenvalue weighted by atomic mass is 10.0. The zero-order chi connectivity index (χ0) is 34.9. The summed E-state index contributed by atoms with van der Waals surface area (Å²) >= 11 is 0. The second kappa shape index (κ2) is 33.5. The molecular formula is C38H75O8P. The maximum atomic E-state index is 12.3. The predicted molar refractivity (Wildman–Crippen MR) is 193 cm³/mol. The number of ether oxygens (including phenoxy) is 2. The van der Waals surface area contributed by atoms with E-state index in [-0.39, 0.29) is 19.4 Å². The molecule has 0 heterocycles. The van der Waals surface area contributed by atoms with Crippen LogP contribution in [0.25, 0.3) is 0 Å². The molecule has 47 heavy (non-hydrogen) atoms. The molecule has 0 aromatic heterocycles. The summed E-state index contributed by atoms with van der Waals surface area (Å²) in [4.78, 5) is 42.7. The third kappa shape index (κ3) is 37.7. The Bertz CT molecular complexity index is 754. The molecule has 0 bridgehead atoms. The van der Waals surface area contributed by atoms with Gasteiger partial charge in [-0.25, -0.2) is 4.57 Å². The quantitative estimate of drug-likeness (QED) is 0.0379. The third-order valence-corrected chi connectivity index (χ3v) is 9.29. The van der Waals surface area contributed by atoms with Crippen molar-refractivity contribution in [1.29, 1.82) is 0 Å². The van der Waals surface area contributed by atoms with Crippen LogP contribution < -0.4 is 0 Å². The van der Waals surface area contributed by atoms with Crippen LogP contribution in [0, 0.1) is 5.92 Å². The molecule has 1 atom stereocenters. The van der Waals surface area contributed by atoms with E-state index in [9.17, 15) is 14.2 Å². The van der Waals surface area contributed by atoms with Gasteiger partial charge in [0.15, 0.2) is 6.10 Å². The largest absolute Gasteiger partial charge is 0.469 e. The second-order valence-corrected chi connectivity index (χ2v) is 15.3. The van der Waals surface area contributed by atoms with Crippen molar-refractivity contribution in [3.05, 3.63) is 0 Å². The Morgan fingerprint density at radius 1 is 0.532 bits per heavy atom. The molecule has 0 aliphatic rings. The molecule has 0 aliphatic carbocycles. The molecule has 0 aromatic carbocycles. The van der Waals surface area contributed by atoms with Gasteiger partial charge in [0.05, 0.1) is 6.61 Å². The van der Waals surface area contributed by atoms with E-state index in [0.717, 1.165) is 44.4 Å². The van der Waals surface area contributed by atoms with Crippen LogP contribution in [0.15, 0.2) is 0 Å². The zero-order valence-electron chi connectivity index (χ0n) is 30.9. The standard InChI is InChI=1S/C38H75O8P/c1-4-5-6-7-8-9-10-11-12-13-14-15-16-17-18-22-25-28-31-37(39)44-33-36(34-45-47(41,42)43)46-38(40)32-29-26-23-20-19-21-24-27-30-35(2)3/h35-36H,4-34H2,1-3H3,(H2,41,42,43)/t36-/m1/s1. The highest BCUT2D eigenvalue weighted by Gasteiger charge is 2.22. The summed E-state index contributed by atoms with van der Waals surface area (Å²) in [6.45, 7) is 5.98. The van der Waals surface area contributed by atoms with Gasteiger partial charge in [0.2, 0.25) is 0 Å². The molecule has 9 heteroatoms. The fraction of sp³-hybridized carbons (Fsp3) is 0.947. The Morgan fingerprint density at radius 2 is 0.894 bits per heavy atom. The van der Waals surface area contributed by atoms with E-state index >= 15 is 0 Å². The summed E-state index contributed by atoms with van der Waals surface area (Å²) in [5, 5.41) is 0. The highest BCUT2D eigenvalue weighted by Crippen LogP contribution is 2.36. The molecule has 0 amide bonds. The summed E-state index contributed by atoms with van der Waals surface area (Å²) in [5.74, 6) is -0.103. The first-order valence-corrected chi connectivity index (χ1v) is 21.2. The van der Waals surface area contributed by atoms with Crippen LogP contribution >= 0.6 is 7.82 Å². The normalized spacial score (nSPS) is 12.5. The van der Waals surface area contributed by atoms with Crippen molar-refractivity contribution in [2.75, 3.05) is 13.2 Å². The van der Waals surface area contributed by atoms with E-state index < -0.39 is 32.5 Å². The van der Waals surface area contributed by atoms with E-state index in [1.165, 1.54) is 128 Å².